The van der Waals surface area contributed by atoms with Gasteiger partial charge in [-0.05, 0) is 24.1 Å². The van der Waals surface area contributed by atoms with Crippen LogP contribution in [-0.4, -0.2) is 19.4 Å². The number of para-hydroxylation sites is 1. The van der Waals surface area contributed by atoms with Gasteiger partial charge in [0.1, 0.15) is 0 Å². The van der Waals surface area contributed by atoms with Crippen LogP contribution in [0.4, 0.5) is 5.69 Å². The maximum absolute atomic E-state index is 5.57. The summed E-state index contributed by atoms with van der Waals surface area (Å²) < 4.78 is 11.1. The lowest BCUT2D eigenvalue weighted by Gasteiger charge is -2.23. The number of nitrogens with zero attached hydrogens (tertiary/aromatic N) is 1. The maximum Gasteiger partial charge on any atom is 0.183 e. The van der Waals surface area contributed by atoms with Gasteiger partial charge in [0, 0.05) is 5.56 Å². The van der Waals surface area contributed by atoms with E-state index in [0.717, 1.165) is 36.4 Å². The van der Waals surface area contributed by atoms with Crippen molar-refractivity contribution in [1.29, 1.82) is 0 Å². The second kappa shape index (κ2) is 7.02. The van der Waals surface area contributed by atoms with E-state index in [0.29, 0.717) is 0 Å². The fourth-order valence-electron chi connectivity index (χ4n) is 2.11. The molecule has 2 aromatic rings. The molecule has 0 aromatic heterocycles. The Balaban J connectivity index is 1.59. The Morgan fingerprint density at radius 1 is 0.952 bits per heavy atom. The van der Waals surface area contributed by atoms with Gasteiger partial charge in [-0.1, -0.05) is 42.5 Å². The minimum Gasteiger partial charge on any atom is -0.348 e. The lowest BCUT2D eigenvalue weighted by atomic mass is 10.1. The Morgan fingerprint density at radius 2 is 1.67 bits per heavy atom. The predicted octanol–water partition coefficient (Wildman–Crippen LogP) is 3.57. The zero-order valence-corrected chi connectivity index (χ0v) is 11.7. The van der Waals surface area contributed by atoms with Crippen molar-refractivity contribution in [1.82, 2.24) is 0 Å². The van der Waals surface area contributed by atoms with Crippen LogP contribution in [0.1, 0.15) is 23.8 Å². The zero-order valence-electron chi connectivity index (χ0n) is 11.7. The van der Waals surface area contributed by atoms with Crippen LogP contribution in [-0.2, 0) is 9.47 Å². The Kier molecular flexibility index (Phi) is 4.61. The number of hydrogen-bond donors (Lipinski definition) is 1. The van der Waals surface area contributed by atoms with E-state index in [9.17, 15) is 0 Å². The van der Waals surface area contributed by atoms with E-state index in [1.165, 1.54) is 0 Å². The van der Waals surface area contributed by atoms with Gasteiger partial charge in [0.25, 0.3) is 0 Å². The van der Waals surface area contributed by atoms with Crippen molar-refractivity contribution < 1.29 is 9.47 Å². The predicted molar refractivity (Wildman–Crippen MR) is 83.4 cm³/mol. The first-order chi connectivity index (χ1) is 10.4. The number of benzene rings is 2. The highest BCUT2D eigenvalue weighted by atomic mass is 16.7. The molecule has 0 radical (unpaired) electrons. The molecule has 1 aliphatic rings. The number of anilines is 1. The highest BCUT2D eigenvalue weighted by Crippen LogP contribution is 2.22. The van der Waals surface area contributed by atoms with E-state index in [4.69, 9.17) is 9.47 Å². The number of hydrogen-bond acceptors (Lipinski definition) is 4. The Morgan fingerprint density at radius 3 is 2.38 bits per heavy atom. The summed E-state index contributed by atoms with van der Waals surface area (Å²) in [7, 11) is 0. The summed E-state index contributed by atoms with van der Waals surface area (Å²) in [5, 5.41) is 4.22. The molecule has 4 heteroatoms. The molecule has 1 fully saturated rings. The van der Waals surface area contributed by atoms with Crippen LogP contribution in [0.5, 0.6) is 0 Å². The molecule has 1 aliphatic heterocycles. The van der Waals surface area contributed by atoms with Gasteiger partial charge in [-0.2, -0.15) is 5.10 Å². The second-order valence-electron chi connectivity index (χ2n) is 4.83. The summed E-state index contributed by atoms with van der Waals surface area (Å²) in [5.74, 6) is 0. The van der Waals surface area contributed by atoms with E-state index < -0.39 is 0 Å². The van der Waals surface area contributed by atoms with Gasteiger partial charge in [0.05, 0.1) is 25.1 Å². The first-order valence-electron chi connectivity index (χ1n) is 7.09. The van der Waals surface area contributed by atoms with Crippen molar-refractivity contribution in [3.8, 4) is 0 Å². The number of nitrogens with one attached hydrogen (secondary N) is 1. The van der Waals surface area contributed by atoms with Crippen LogP contribution in [0, 0.1) is 0 Å². The lowest BCUT2D eigenvalue weighted by Crippen LogP contribution is -2.17. The lowest BCUT2D eigenvalue weighted by molar-refractivity contribution is -0.183. The molecule has 0 unspecified atom stereocenters. The van der Waals surface area contributed by atoms with Crippen LogP contribution < -0.4 is 5.43 Å². The van der Waals surface area contributed by atoms with Gasteiger partial charge in [0.15, 0.2) is 6.29 Å². The van der Waals surface area contributed by atoms with Crippen LogP contribution in [0.15, 0.2) is 59.7 Å². The topological polar surface area (TPSA) is 42.9 Å². The third-order valence-corrected chi connectivity index (χ3v) is 3.22. The van der Waals surface area contributed by atoms with Crippen molar-refractivity contribution in [2.45, 2.75) is 12.7 Å². The van der Waals surface area contributed by atoms with Crippen molar-refractivity contribution in [3.63, 3.8) is 0 Å². The summed E-state index contributed by atoms with van der Waals surface area (Å²) in [4.78, 5) is 0. The summed E-state index contributed by atoms with van der Waals surface area (Å²) >= 11 is 0. The van der Waals surface area contributed by atoms with Gasteiger partial charge in [-0.3, -0.25) is 5.43 Å². The van der Waals surface area contributed by atoms with Gasteiger partial charge in [-0.25, -0.2) is 0 Å². The van der Waals surface area contributed by atoms with E-state index in [1.807, 2.05) is 54.6 Å². The summed E-state index contributed by atoms with van der Waals surface area (Å²) in [6, 6.07) is 17.9. The molecule has 108 valence electrons. The van der Waals surface area contributed by atoms with Gasteiger partial charge < -0.3 is 9.47 Å². The van der Waals surface area contributed by atoms with Crippen LogP contribution >= 0.6 is 0 Å². The molecule has 0 spiro atoms. The third-order valence-electron chi connectivity index (χ3n) is 3.22. The highest BCUT2D eigenvalue weighted by Gasteiger charge is 2.15. The van der Waals surface area contributed by atoms with Crippen LogP contribution in [0.3, 0.4) is 0 Å². The second-order valence-corrected chi connectivity index (χ2v) is 4.83. The van der Waals surface area contributed by atoms with Gasteiger partial charge in [-0.15, -0.1) is 0 Å². The summed E-state index contributed by atoms with van der Waals surface area (Å²) in [6.07, 6.45) is 2.53. The fraction of sp³-hybridized carbons (Fsp3) is 0.235. The minimum absolute atomic E-state index is 0.229. The third kappa shape index (κ3) is 3.90. The quantitative estimate of drug-likeness (QED) is 0.688. The Labute approximate surface area is 124 Å². The molecule has 1 heterocycles. The molecule has 0 amide bonds. The number of hydrazone groups is 1. The smallest absolute Gasteiger partial charge is 0.183 e. The molecule has 1 N–H and O–H groups in total. The van der Waals surface area contributed by atoms with Gasteiger partial charge >= 0.3 is 0 Å². The van der Waals surface area contributed by atoms with Gasteiger partial charge in [0.2, 0.25) is 0 Å². The van der Waals surface area contributed by atoms with Crippen molar-refractivity contribution >= 4 is 11.9 Å². The van der Waals surface area contributed by atoms with Crippen molar-refractivity contribution in [2.75, 3.05) is 18.6 Å². The number of ether oxygens (including phenoxy) is 2. The minimum atomic E-state index is -0.229. The standard InChI is InChI=1S/C17H18N2O2/c1-2-5-16(6-3-1)19-18-13-14-7-9-15(10-8-14)17-20-11-4-12-21-17/h1-3,5-10,13,17,19H,4,11-12H2. The molecule has 0 aliphatic carbocycles. The molecule has 0 bridgehead atoms. The van der Waals surface area contributed by atoms with E-state index in [2.05, 4.69) is 10.5 Å². The average Bonchev–Trinajstić information content (AvgIpc) is 2.57. The molecular weight excluding hydrogens is 264 g/mol. The zero-order chi connectivity index (χ0) is 14.3. The highest BCUT2D eigenvalue weighted by molar-refractivity contribution is 5.80. The molecule has 4 nitrogen and oxygen atoms in total. The van der Waals surface area contributed by atoms with Crippen LogP contribution in [0.25, 0.3) is 0 Å². The molecule has 3 rings (SSSR count). The first-order valence-corrected chi connectivity index (χ1v) is 7.09. The van der Waals surface area contributed by atoms with E-state index >= 15 is 0 Å². The van der Waals surface area contributed by atoms with Crippen molar-refractivity contribution in [2.24, 2.45) is 5.10 Å². The number of rotatable bonds is 4. The molecular formula is C17H18N2O2. The van der Waals surface area contributed by atoms with Crippen molar-refractivity contribution in [3.05, 3.63) is 65.7 Å². The van der Waals surface area contributed by atoms with E-state index in [1.54, 1.807) is 6.21 Å². The monoisotopic (exact) mass is 282 g/mol. The maximum atomic E-state index is 5.57. The van der Waals surface area contributed by atoms with Crippen LogP contribution in [0.2, 0.25) is 0 Å². The Hall–Kier alpha value is -2.17. The molecule has 0 atom stereocenters. The summed E-state index contributed by atoms with van der Waals surface area (Å²) in [6.45, 7) is 1.52. The summed E-state index contributed by atoms with van der Waals surface area (Å²) in [5.41, 5.74) is 6.03. The Bertz CT molecular complexity index is 575. The van der Waals surface area contributed by atoms with E-state index in [-0.39, 0.29) is 6.29 Å². The SMILES string of the molecule is C(=NNc1ccccc1)c1ccc(C2OCCCO2)cc1. The average molecular weight is 282 g/mol. The molecule has 0 saturated carbocycles. The first kappa shape index (κ1) is 13.8. The molecule has 1 saturated heterocycles. The normalized spacial score (nSPS) is 16.2. The fourth-order valence-corrected chi connectivity index (χ4v) is 2.11. The molecule has 2 aromatic carbocycles. The largest absolute Gasteiger partial charge is 0.348 e. The molecule has 21 heavy (non-hydrogen) atoms.